The van der Waals surface area contributed by atoms with Crippen LogP contribution < -0.4 is 5.32 Å². The van der Waals surface area contributed by atoms with Crippen LogP contribution in [0.25, 0.3) is 0 Å². The smallest absolute Gasteiger partial charge is 0.273 e. The quantitative estimate of drug-likeness (QED) is 0.595. The number of nitrogens with one attached hydrogen (secondary N) is 1. The molecule has 0 aliphatic rings. The number of nitrogens with zero attached hydrogens (tertiary/aromatic N) is 1. The lowest BCUT2D eigenvalue weighted by atomic mass is 10.3. The van der Waals surface area contributed by atoms with Crippen LogP contribution in [0.5, 0.6) is 0 Å². The predicted molar refractivity (Wildman–Crippen MR) is 57.6 cm³/mol. The minimum absolute atomic E-state index is 0.260. The van der Waals surface area contributed by atoms with E-state index < -0.39 is 0 Å². The lowest BCUT2D eigenvalue weighted by molar-refractivity contribution is 0.0944. The van der Waals surface area contributed by atoms with Gasteiger partial charge in [-0.1, -0.05) is 5.16 Å². The summed E-state index contributed by atoms with van der Waals surface area (Å²) in [6.07, 6.45) is 0.630. The predicted octanol–water partition coefficient (Wildman–Crippen LogP) is 0.964. The van der Waals surface area contributed by atoms with Gasteiger partial charge in [0.15, 0.2) is 11.5 Å². The first-order chi connectivity index (χ1) is 7.77. The van der Waals surface area contributed by atoms with Crippen LogP contribution in [0.2, 0.25) is 0 Å². The first kappa shape index (κ1) is 12.3. The van der Waals surface area contributed by atoms with Crippen molar-refractivity contribution in [3.8, 4) is 11.8 Å². The van der Waals surface area contributed by atoms with Crippen molar-refractivity contribution in [2.75, 3.05) is 13.7 Å². The first-order valence-corrected chi connectivity index (χ1v) is 4.90. The molecule has 0 atom stereocenters. The number of hydrogen-bond acceptors (Lipinski definition) is 4. The molecule has 0 saturated heterocycles. The molecular formula is C11H14N2O3. The molecule has 1 heterocycles. The van der Waals surface area contributed by atoms with Gasteiger partial charge in [-0.2, -0.15) is 0 Å². The second kappa shape index (κ2) is 6.64. The maximum Gasteiger partial charge on any atom is 0.273 e. The Balaban J connectivity index is 2.42. The Bertz CT molecular complexity index is 401. The van der Waals surface area contributed by atoms with Gasteiger partial charge >= 0.3 is 0 Å². The molecule has 1 aromatic heterocycles. The fourth-order valence-corrected chi connectivity index (χ4v) is 1.08. The highest BCUT2D eigenvalue weighted by molar-refractivity contribution is 5.92. The lowest BCUT2D eigenvalue weighted by Gasteiger charge is -1.97. The third kappa shape index (κ3) is 3.75. The monoisotopic (exact) mass is 222 g/mol. The molecule has 0 aliphatic heterocycles. The molecule has 0 aliphatic carbocycles. The summed E-state index contributed by atoms with van der Waals surface area (Å²) in [4.78, 5) is 11.5. The van der Waals surface area contributed by atoms with Crippen molar-refractivity contribution in [3.63, 3.8) is 0 Å². The number of hydrogen-bond donors (Lipinski definition) is 1. The van der Waals surface area contributed by atoms with Crippen molar-refractivity contribution in [1.82, 2.24) is 10.5 Å². The Hall–Kier alpha value is -1.80. The van der Waals surface area contributed by atoms with Gasteiger partial charge in [0.05, 0.1) is 0 Å². The summed E-state index contributed by atoms with van der Waals surface area (Å²) in [5.74, 6) is 5.87. The molecule has 5 nitrogen and oxygen atoms in total. The topological polar surface area (TPSA) is 64.4 Å². The van der Waals surface area contributed by atoms with Gasteiger partial charge in [0.1, 0.15) is 6.61 Å². The zero-order valence-corrected chi connectivity index (χ0v) is 9.37. The number of amides is 1. The van der Waals surface area contributed by atoms with Crippen molar-refractivity contribution in [1.29, 1.82) is 0 Å². The molecular weight excluding hydrogens is 208 g/mol. The fourth-order valence-electron chi connectivity index (χ4n) is 1.08. The standard InChI is InChI=1S/C11H14N2O3/c1-3-4-5-6-12-11(14)10-7-9(8-15-2)16-13-10/h7H,5-6,8H2,1-2H3,(H,12,14). The average Bonchev–Trinajstić information content (AvgIpc) is 2.73. The van der Waals surface area contributed by atoms with Crippen molar-refractivity contribution in [2.45, 2.75) is 20.0 Å². The van der Waals surface area contributed by atoms with E-state index in [4.69, 9.17) is 9.26 Å². The second-order valence-corrected chi connectivity index (χ2v) is 3.04. The van der Waals surface area contributed by atoms with Gasteiger partial charge in [-0.3, -0.25) is 4.79 Å². The van der Waals surface area contributed by atoms with Crippen molar-refractivity contribution in [2.24, 2.45) is 0 Å². The van der Waals surface area contributed by atoms with E-state index in [2.05, 4.69) is 22.3 Å². The number of carbonyl (C=O) groups excluding carboxylic acids is 1. The summed E-state index contributed by atoms with van der Waals surface area (Å²) < 4.78 is 9.74. The molecule has 86 valence electrons. The molecule has 0 aromatic carbocycles. The Labute approximate surface area is 94.1 Å². The van der Waals surface area contributed by atoms with Gasteiger partial charge in [-0.05, 0) is 6.92 Å². The van der Waals surface area contributed by atoms with E-state index in [1.54, 1.807) is 20.1 Å². The third-order valence-corrected chi connectivity index (χ3v) is 1.79. The van der Waals surface area contributed by atoms with E-state index in [1.165, 1.54) is 0 Å². The average molecular weight is 222 g/mol. The summed E-state index contributed by atoms with van der Waals surface area (Å²) in [6, 6.07) is 1.56. The molecule has 0 fully saturated rings. The van der Waals surface area contributed by atoms with Crippen LogP contribution in [0.3, 0.4) is 0 Å². The van der Waals surface area contributed by atoms with Crippen LogP contribution in [0, 0.1) is 11.8 Å². The molecule has 0 saturated carbocycles. The lowest BCUT2D eigenvalue weighted by Crippen LogP contribution is -2.24. The van der Waals surface area contributed by atoms with E-state index in [1.807, 2.05) is 0 Å². The van der Waals surface area contributed by atoms with Crippen molar-refractivity contribution in [3.05, 3.63) is 17.5 Å². The van der Waals surface area contributed by atoms with E-state index in [0.29, 0.717) is 25.3 Å². The van der Waals surface area contributed by atoms with Gasteiger partial charge in [-0.25, -0.2) is 0 Å². The maximum atomic E-state index is 11.5. The molecule has 0 bridgehead atoms. The van der Waals surface area contributed by atoms with Crippen molar-refractivity contribution < 1.29 is 14.1 Å². The molecule has 5 heteroatoms. The zero-order valence-electron chi connectivity index (χ0n) is 9.37. The van der Waals surface area contributed by atoms with Gasteiger partial charge < -0.3 is 14.6 Å². The normalized spacial score (nSPS) is 9.38. The Morgan fingerprint density at radius 2 is 2.50 bits per heavy atom. The van der Waals surface area contributed by atoms with E-state index in [-0.39, 0.29) is 11.6 Å². The summed E-state index contributed by atoms with van der Waals surface area (Å²) in [6.45, 7) is 2.57. The maximum absolute atomic E-state index is 11.5. The molecule has 1 N–H and O–H groups in total. The Morgan fingerprint density at radius 1 is 1.69 bits per heavy atom. The summed E-state index contributed by atoms with van der Waals surface area (Å²) in [5, 5.41) is 6.31. The highest BCUT2D eigenvalue weighted by Crippen LogP contribution is 2.04. The van der Waals surface area contributed by atoms with Crippen LogP contribution in [0.15, 0.2) is 10.6 Å². The highest BCUT2D eigenvalue weighted by atomic mass is 16.5. The first-order valence-electron chi connectivity index (χ1n) is 4.90. The summed E-state index contributed by atoms with van der Waals surface area (Å²) in [5.41, 5.74) is 0.261. The molecule has 0 unspecified atom stereocenters. The zero-order chi connectivity index (χ0) is 11.8. The summed E-state index contributed by atoms with van der Waals surface area (Å²) in [7, 11) is 1.55. The van der Waals surface area contributed by atoms with Crippen LogP contribution >= 0.6 is 0 Å². The minimum Gasteiger partial charge on any atom is -0.377 e. The van der Waals surface area contributed by atoms with Gasteiger partial charge in [0, 0.05) is 26.1 Å². The molecule has 16 heavy (non-hydrogen) atoms. The molecule has 1 amide bonds. The van der Waals surface area contributed by atoms with Crippen LogP contribution in [0.1, 0.15) is 29.6 Å². The molecule has 1 aromatic rings. The molecule has 0 spiro atoms. The van der Waals surface area contributed by atoms with Crippen LogP contribution in [-0.4, -0.2) is 24.7 Å². The fraction of sp³-hybridized carbons (Fsp3) is 0.455. The van der Waals surface area contributed by atoms with Gasteiger partial charge in [-0.15, -0.1) is 11.8 Å². The van der Waals surface area contributed by atoms with E-state index >= 15 is 0 Å². The SMILES string of the molecule is CC#CCCNC(=O)c1cc(COC)on1. The van der Waals surface area contributed by atoms with Crippen molar-refractivity contribution >= 4 is 5.91 Å². The van der Waals surface area contributed by atoms with Gasteiger partial charge in [0.25, 0.3) is 5.91 Å². The Kier molecular flexibility index (Phi) is 5.09. The number of carbonyl (C=O) groups is 1. The van der Waals surface area contributed by atoms with E-state index in [9.17, 15) is 4.79 Å². The van der Waals surface area contributed by atoms with Crippen LogP contribution in [-0.2, 0) is 11.3 Å². The third-order valence-electron chi connectivity index (χ3n) is 1.79. The summed E-state index contributed by atoms with van der Waals surface area (Å²) >= 11 is 0. The molecule has 0 radical (unpaired) electrons. The molecule has 1 rings (SSSR count). The highest BCUT2D eigenvalue weighted by Gasteiger charge is 2.11. The number of methoxy groups -OCH3 is 1. The van der Waals surface area contributed by atoms with E-state index in [0.717, 1.165) is 0 Å². The largest absolute Gasteiger partial charge is 0.377 e. The van der Waals surface area contributed by atoms with Gasteiger partial charge in [0.2, 0.25) is 0 Å². The number of ether oxygens (including phenoxy) is 1. The van der Waals surface area contributed by atoms with Crippen LogP contribution in [0.4, 0.5) is 0 Å². The number of rotatable bonds is 5. The minimum atomic E-state index is -0.260. The second-order valence-electron chi connectivity index (χ2n) is 3.04. The Morgan fingerprint density at radius 3 is 3.19 bits per heavy atom. The number of aromatic nitrogens is 1.